The van der Waals surface area contributed by atoms with E-state index in [0.717, 1.165) is 47.7 Å². The van der Waals surface area contributed by atoms with Crippen molar-refractivity contribution in [1.82, 2.24) is 0 Å². The van der Waals surface area contributed by atoms with Gasteiger partial charge in [-0.1, -0.05) is 74.0 Å². The molecule has 4 aromatic carbocycles. The Bertz CT molecular complexity index is 1450. The molecule has 0 N–H and O–H groups in total. The Balaban J connectivity index is 1.46. The molecule has 4 rings (SSSR count). The molecule has 39 heavy (non-hydrogen) atoms. The molecule has 0 aromatic heterocycles. The molecule has 0 aliphatic carbocycles. The van der Waals surface area contributed by atoms with Crippen molar-refractivity contribution in [3.8, 4) is 28.0 Å². The number of esters is 1. The maximum atomic E-state index is 14.8. The summed E-state index contributed by atoms with van der Waals surface area (Å²) in [5, 5.41) is 0. The van der Waals surface area contributed by atoms with Crippen LogP contribution in [0.15, 0.2) is 91.0 Å². The van der Waals surface area contributed by atoms with Crippen molar-refractivity contribution in [2.75, 3.05) is 0 Å². The normalized spacial score (nSPS) is 11.4. The van der Waals surface area contributed by atoms with Gasteiger partial charge in [-0.15, -0.1) is 0 Å². The topological polar surface area (TPSA) is 26.3 Å². The van der Waals surface area contributed by atoms with E-state index in [-0.39, 0.29) is 0 Å². The molecule has 0 saturated carbocycles. The lowest BCUT2D eigenvalue weighted by Crippen LogP contribution is -2.11. The number of carbonyl (C=O) groups is 1. The van der Waals surface area contributed by atoms with Crippen molar-refractivity contribution in [2.45, 2.75) is 32.6 Å². The third kappa shape index (κ3) is 6.99. The van der Waals surface area contributed by atoms with Gasteiger partial charge in [0.25, 0.3) is 6.43 Å². The molecule has 0 heterocycles. The van der Waals surface area contributed by atoms with E-state index in [0.29, 0.717) is 11.6 Å². The molecule has 7 heteroatoms. The Morgan fingerprint density at radius 2 is 1.31 bits per heavy atom. The van der Waals surface area contributed by atoms with Crippen LogP contribution in [0, 0.1) is 17.5 Å². The van der Waals surface area contributed by atoms with Crippen LogP contribution in [0.4, 0.5) is 22.0 Å². The number of allylic oxidation sites excluding steroid dienone is 2. The van der Waals surface area contributed by atoms with Crippen molar-refractivity contribution < 1.29 is 31.5 Å². The molecule has 4 aromatic rings. The summed E-state index contributed by atoms with van der Waals surface area (Å²) in [6, 6.07) is 21.4. The number of halogens is 5. The molecule has 0 fully saturated rings. The van der Waals surface area contributed by atoms with Gasteiger partial charge in [0.15, 0.2) is 0 Å². The quantitative estimate of drug-likeness (QED) is 0.0924. The predicted molar refractivity (Wildman–Crippen MR) is 141 cm³/mol. The second-order valence-corrected chi connectivity index (χ2v) is 8.94. The van der Waals surface area contributed by atoms with Gasteiger partial charge in [-0.2, -0.15) is 0 Å². The molecule has 0 saturated heterocycles. The van der Waals surface area contributed by atoms with Gasteiger partial charge < -0.3 is 4.74 Å². The van der Waals surface area contributed by atoms with Crippen LogP contribution in [0.1, 0.15) is 34.8 Å². The van der Waals surface area contributed by atoms with Crippen LogP contribution in [-0.4, -0.2) is 12.4 Å². The molecule has 200 valence electrons. The van der Waals surface area contributed by atoms with E-state index in [1.54, 1.807) is 6.07 Å². The zero-order valence-electron chi connectivity index (χ0n) is 21.1. The van der Waals surface area contributed by atoms with Crippen molar-refractivity contribution in [1.29, 1.82) is 0 Å². The molecule has 0 aliphatic heterocycles. The third-order valence-corrected chi connectivity index (χ3v) is 6.16. The highest BCUT2D eigenvalue weighted by atomic mass is 19.3. The maximum Gasteiger partial charge on any atom is 0.346 e. The Morgan fingerprint density at radius 3 is 1.85 bits per heavy atom. The summed E-state index contributed by atoms with van der Waals surface area (Å²) >= 11 is 0. The lowest BCUT2D eigenvalue weighted by atomic mass is 9.98. The van der Waals surface area contributed by atoms with E-state index in [9.17, 15) is 26.7 Å². The van der Waals surface area contributed by atoms with Gasteiger partial charge >= 0.3 is 5.97 Å². The molecule has 0 spiro atoms. The molecule has 2 nitrogen and oxygen atoms in total. The maximum absolute atomic E-state index is 14.8. The summed E-state index contributed by atoms with van der Waals surface area (Å²) in [7, 11) is 0. The molecule has 0 radical (unpaired) electrons. The highest BCUT2D eigenvalue weighted by molar-refractivity contribution is 5.92. The highest BCUT2D eigenvalue weighted by Gasteiger charge is 2.18. The standard InChI is InChI=1S/C32H25F5O2/c1-2-4-20-7-9-21(10-8-20)22-11-13-23(14-12-22)24-15-16-27(28(33)17-24)32(38)39-25-18-29(34)26(30(35)19-25)5-3-6-31(36)37/h3,6-19,31H,2,4-5H2,1H3/b6-3+. The van der Waals surface area contributed by atoms with Crippen LogP contribution >= 0.6 is 0 Å². The van der Waals surface area contributed by atoms with Crippen molar-refractivity contribution in [2.24, 2.45) is 0 Å². The van der Waals surface area contributed by atoms with Gasteiger partial charge in [0.05, 0.1) is 5.56 Å². The van der Waals surface area contributed by atoms with Crippen molar-refractivity contribution in [3.63, 3.8) is 0 Å². The van der Waals surface area contributed by atoms with Crippen molar-refractivity contribution >= 4 is 5.97 Å². The fraction of sp³-hybridized carbons (Fsp3) is 0.156. The van der Waals surface area contributed by atoms with Crippen LogP contribution in [0.2, 0.25) is 0 Å². The van der Waals surface area contributed by atoms with E-state index in [1.807, 2.05) is 24.3 Å². The molecular formula is C32H25F5O2. The van der Waals surface area contributed by atoms with Crippen LogP contribution in [-0.2, 0) is 12.8 Å². The van der Waals surface area contributed by atoms with Crippen LogP contribution in [0.25, 0.3) is 22.3 Å². The van der Waals surface area contributed by atoms with Gasteiger partial charge in [0.1, 0.15) is 23.2 Å². The molecule has 0 bridgehead atoms. The Labute approximate surface area is 223 Å². The number of benzene rings is 4. The van der Waals surface area contributed by atoms with Gasteiger partial charge in [0.2, 0.25) is 0 Å². The largest absolute Gasteiger partial charge is 0.423 e. The minimum absolute atomic E-state index is 0.404. The highest BCUT2D eigenvalue weighted by Crippen LogP contribution is 2.28. The van der Waals surface area contributed by atoms with E-state index in [4.69, 9.17) is 4.74 Å². The monoisotopic (exact) mass is 536 g/mol. The summed E-state index contributed by atoms with van der Waals surface area (Å²) in [6.45, 7) is 2.13. The van der Waals surface area contributed by atoms with E-state index in [1.165, 1.54) is 17.7 Å². The summed E-state index contributed by atoms with van der Waals surface area (Å²) in [5.74, 6) is -4.62. The molecular weight excluding hydrogens is 511 g/mol. The molecule has 0 atom stereocenters. The summed E-state index contributed by atoms with van der Waals surface area (Å²) in [5.41, 5.74) is 3.76. The Hall–Kier alpha value is -4.26. The average Bonchev–Trinajstić information content (AvgIpc) is 2.91. The number of aryl methyl sites for hydroxylation is 1. The zero-order chi connectivity index (χ0) is 27.9. The van der Waals surface area contributed by atoms with Gasteiger partial charge in [-0.05, 0) is 58.9 Å². The number of alkyl halides is 2. The van der Waals surface area contributed by atoms with Crippen LogP contribution in [0.5, 0.6) is 5.75 Å². The van der Waals surface area contributed by atoms with Crippen LogP contribution < -0.4 is 4.74 Å². The first-order valence-electron chi connectivity index (χ1n) is 12.4. The smallest absolute Gasteiger partial charge is 0.346 e. The van der Waals surface area contributed by atoms with Gasteiger partial charge in [-0.3, -0.25) is 0 Å². The Morgan fingerprint density at radius 1 is 0.769 bits per heavy atom. The average molecular weight is 537 g/mol. The number of ether oxygens (including phenoxy) is 1. The minimum Gasteiger partial charge on any atom is -0.423 e. The lowest BCUT2D eigenvalue weighted by Gasteiger charge is -2.10. The van der Waals surface area contributed by atoms with E-state index >= 15 is 0 Å². The Kier molecular flexibility index (Phi) is 8.92. The first kappa shape index (κ1) is 27.8. The number of hydrogen-bond acceptors (Lipinski definition) is 2. The second kappa shape index (κ2) is 12.5. The number of rotatable bonds is 9. The summed E-state index contributed by atoms with van der Waals surface area (Å²) < 4.78 is 72.8. The molecule has 0 amide bonds. The summed E-state index contributed by atoms with van der Waals surface area (Å²) in [4.78, 5) is 12.5. The van der Waals surface area contributed by atoms with E-state index < -0.39 is 53.1 Å². The lowest BCUT2D eigenvalue weighted by molar-refractivity contribution is 0.0729. The SMILES string of the molecule is CCCc1ccc(-c2ccc(-c3ccc(C(=O)Oc4cc(F)c(C/C=C/C(F)F)c(F)c4)c(F)c3)cc2)cc1. The van der Waals surface area contributed by atoms with Gasteiger partial charge in [-0.25, -0.2) is 26.7 Å². The minimum atomic E-state index is -2.75. The number of hydrogen-bond donors (Lipinski definition) is 0. The zero-order valence-corrected chi connectivity index (χ0v) is 21.1. The third-order valence-electron chi connectivity index (χ3n) is 6.16. The van der Waals surface area contributed by atoms with Crippen LogP contribution in [0.3, 0.4) is 0 Å². The first-order chi connectivity index (χ1) is 18.7. The number of carbonyl (C=O) groups excluding carboxylic acids is 1. The first-order valence-corrected chi connectivity index (χ1v) is 12.4. The molecule has 0 aliphatic rings. The van der Waals surface area contributed by atoms with Gasteiger partial charge in [0, 0.05) is 17.7 Å². The summed E-state index contributed by atoms with van der Waals surface area (Å²) in [6.07, 6.45) is 0.407. The fourth-order valence-corrected chi connectivity index (χ4v) is 4.15. The van der Waals surface area contributed by atoms with Crippen molar-refractivity contribution in [3.05, 3.63) is 125 Å². The predicted octanol–water partition coefficient (Wildman–Crippen LogP) is 8.97. The molecule has 0 unspecified atom stereocenters. The fourth-order valence-electron chi connectivity index (χ4n) is 4.15. The van der Waals surface area contributed by atoms with E-state index in [2.05, 4.69) is 31.2 Å². The second-order valence-electron chi connectivity index (χ2n) is 8.94.